The second-order valence-electron chi connectivity index (χ2n) is 3.14. The average Bonchev–Trinajstić information content (AvgIpc) is 2.19. The summed E-state index contributed by atoms with van der Waals surface area (Å²) in [7, 11) is 0. The van der Waals surface area contributed by atoms with Crippen LogP contribution >= 0.6 is 15.9 Å². The smallest absolute Gasteiger partial charge is 0.262 e. The van der Waals surface area contributed by atoms with E-state index in [4.69, 9.17) is 0 Å². The Labute approximate surface area is 94.3 Å². The van der Waals surface area contributed by atoms with E-state index >= 15 is 0 Å². The number of hydrogen-bond acceptors (Lipinski definition) is 4. The highest BCUT2D eigenvalue weighted by Crippen LogP contribution is 2.28. The van der Waals surface area contributed by atoms with Crippen LogP contribution in [0.25, 0.3) is 0 Å². The zero-order valence-electron chi connectivity index (χ0n) is 8.17. The normalized spacial score (nSPS) is 10.1. The first-order chi connectivity index (χ1) is 6.86. The molecule has 0 radical (unpaired) electrons. The SMILES string of the molecule is CC(=O)c1c(C)cc(O)c(=O)c(O)c1Br. The summed E-state index contributed by atoms with van der Waals surface area (Å²) in [5.74, 6) is -1.55. The number of rotatable bonds is 1. The largest absolute Gasteiger partial charge is 0.504 e. The molecule has 0 aliphatic carbocycles. The molecule has 15 heavy (non-hydrogen) atoms. The minimum atomic E-state index is -0.905. The molecule has 0 amide bonds. The number of ketones is 1. The van der Waals surface area contributed by atoms with Crippen LogP contribution in [0.4, 0.5) is 0 Å². The topological polar surface area (TPSA) is 74.6 Å². The molecule has 1 aromatic carbocycles. The van der Waals surface area contributed by atoms with Gasteiger partial charge in [0.05, 0.1) is 4.47 Å². The Kier molecular flexibility index (Phi) is 3.14. The van der Waals surface area contributed by atoms with E-state index in [1.54, 1.807) is 6.92 Å². The summed E-state index contributed by atoms with van der Waals surface area (Å²) in [6.45, 7) is 2.88. The number of hydrogen-bond donors (Lipinski definition) is 2. The van der Waals surface area contributed by atoms with E-state index in [9.17, 15) is 19.8 Å². The third-order valence-corrected chi connectivity index (χ3v) is 2.75. The summed E-state index contributed by atoms with van der Waals surface area (Å²) in [5.41, 5.74) is -0.299. The highest BCUT2D eigenvalue weighted by atomic mass is 79.9. The van der Waals surface area contributed by atoms with Crippen LogP contribution in [0.1, 0.15) is 22.8 Å². The summed E-state index contributed by atoms with van der Waals surface area (Å²) in [5, 5.41) is 18.7. The Morgan fingerprint density at radius 2 is 1.93 bits per heavy atom. The first-order valence-corrected chi connectivity index (χ1v) is 4.91. The van der Waals surface area contributed by atoms with Crippen molar-refractivity contribution in [1.82, 2.24) is 0 Å². The Balaban J connectivity index is 3.88. The summed E-state index contributed by atoms with van der Waals surface area (Å²) in [6.07, 6.45) is 0. The van der Waals surface area contributed by atoms with Gasteiger partial charge in [0.15, 0.2) is 17.3 Å². The fourth-order valence-electron chi connectivity index (χ4n) is 1.29. The number of halogens is 1. The van der Waals surface area contributed by atoms with Gasteiger partial charge >= 0.3 is 0 Å². The molecule has 0 unspecified atom stereocenters. The van der Waals surface area contributed by atoms with Crippen LogP contribution in [0, 0.1) is 6.92 Å². The minimum absolute atomic E-state index is 0.0119. The first-order valence-electron chi connectivity index (χ1n) is 4.12. The van der Waals surface area contributed by atoms with Crippen molar-refractivity contribution in [2.45, 2.75) is 13.8 Å². The van der Waals surface area contributed by atoms with Crippen LogP contribution in [0.3, 0.4) is 0 Å². The number of aryl methyl sites for hydroxylation is 1. The van der Waals surface area contributed by atoms with Gasteiger partial charge in [0.2, 0.25) is 0 Å². The molecule has 0 aliphatic heterocycles. The Bertz CT molecular complexity index is 494. The lowest BCUT2D eigenvalue weighted by Crippen LogP contribution is -1.98. The molecule has 4 nitrogen and oxygen atoms in total. The van der Waals surface area contributed by atoms with E-state index in [0.717, 1.165) is 6.07 Å². The zero-order chi connectivity index (χ0) is 11.7. The molecule has 1 aromatic rings. The van der Waals surface area contributed by atoms with Crippen molar-refractivity contribution in [2.75, 3.05) is 0 Å². The van der Waals surface area contributed by atoms with Gasteiger partial charge in [0.1, 0.15) is 0 Å². The first kappa shape index (κ1) is 11.7. The van der Waals surface area contributed by atoms with E-state index in [1.165, 1.54) is 6.92 Å². The van der Waals surface area contributed by atoms with Crippen molar-refractivity contribution in [3.8, 4) is 11.5 Å². The van der Waals surface area contributed by atoms with Crippen molar-refractivity contribution in [3.63, 3.8) is 0 Å². The molecule has 80 valence electrons. The van der Waals surface area contributed by atoms with E-state index in [-0.39, 0.29) is 15.8 Å². The van der Waals surface area contributed by atoms with Crippen molar-refractivity contribution in [2.24, 2.45) is 0 Å². The van der Waals surface area contributed by atoms with E-state index in [2.05, 4.69) is 15.9 Å². The highest BCUT2D eigenvalue weighted by molar-refractivity contribution is 9.10. The fraction of sp³-hybridized carbons (Fsp3) is 0.200. The predicted octanol–water partition coefficient (Wildman–Crippen LogP) is 1.73. The summed E-state index contributed by atoms with van der Waals surface area (Å²) in [4.78, 5) is 22.6. The molecule has 0 aromatic heterocycles. The van der Waals surface area contributed by atoms with Gasteiger partial charge in [-0.15, -0.1) is 0 Å². The van der Waals surface area contributed by atoms with Crippen molar-refractivity contribution >= 4 is 21.7 Å². The second kappa shape index (κ2) is 4.02. The maximum Gasteiger partial charge on any atom is 0.262 e. The van der Waals surface area contributed by atoms with Gasteiger partial charge in [-0.2, -0.15) is 0 Å². The standard InChI is InChI=1S/C10H9BrO4/c1-4-3-6(13)9(14)10(15)8(11)7(4)5(2)12/h3H,1-2H3,(H2,13,14,15). The van der Waals surface area contributed by atoms with Crippen LogP contribution in [-0.2, 0) is 0 Å². The summed E-state index contributed by atoms with van der Waals surface area (Å²) < 4.78 is 0.0119. The average molecular weight is 273 g/mol. The second-order valence-corrected chi connectivity index (χ2v) is 3.93. The molecule has 0 spiro atoms. The minimum Gasteiger partial charge on any atom is -0.504 e. The van der Waals surface area contributed by atoms with Gasteiger partial charge in [0.25, 0.3) is 5.43 Å². The van der Waals surface area contributed by atoms with Gasteiger partial charge in [-0.3, -0.25) is 9.59 Å². The quantitative estimate of drug-likeness (QED) is 0.764. The van der Waals surface area contributed by atoms with Gasteiger partial charge in [-0.25, -0.2) is 0 Å². The van der Waals surface area contributed by atoms with Crippen molar-refractivity contribution in [1.29, 1.82) is 0 Å². The molecule has 0 saturated heterocycles. The van der Waals surface area contributed by atoms with Gasteiger partial charge < -0.3 is 10.2 Å². The Hall–Kier alpha value is -1.36. The lowest BCUT2D eigenvalue weighted by atomic mass is 10.1. The van der Waals surface area contributed by atoms with Crippen LogP contribution in [-0.4, -0.2) is 16.0 Å². The van der Waals surface area contributed by atoms with Crippen molar-refractivity contribution in [3.05, 3.63) is 31.9 Å². The molecule has 1 rings (SSSR count). The van der Waals surface area contributed by atoms with E-state index in [1.807, 2.05) is 0 Å². The third kappa shape index (κ3) is 2.02. The van der Waals surface area contributed by atoms with E-state index < -0.39 is 16.9 Å². The maximum absolute atomic E-state index is 11.3. The third-order valence-electron chi connectivity index (χ3n) is 1.97. The number of aromatic hydroxyl groups is 2. The zero-order valence-corrected chi connectivity index (χ0v) is 9.75. The van der Waals surface area contributed by atoms with Gasteiger partial charge in [0, 0.05) is 5.56 Å². The van der Waals surface area contributed by atoms with Gasteiger partial charge in [-0.1, -0.05) is 0 Å². The van der Waals surface area contributed by atoms with Crippen LogP contribution in [0.2, 0.25) is 0 Å². The number of carbonyl (C=O) groups excluding carboxylic acids is 1. The molecule has 0 saturated carbocycles. The maximum atomic E-state index is 11.3. The Morgan fingerprint density at radius 1 is 1.40 bits per heavy atom. The van der Waals surface area contributed by atoms with Crippen LogP contribution < -0.4 is 5.43 Å². The number of Topliss-reactive ketones (excluding diaryl/α,β-unsaturated/α-hetero) is 1. The molecule has 0 atom stereocenters. The van der Waals surface area contributed by atoms with Crippen LogP contribution in [0.15, 0.2) is 15.3 Å². The summed E-state index contributed by atoms with van der Waals surface area (Å²) >= 11 is 2.96. The molecule has 5 heteroatoms. The molecule has 0 heterocycles. The highest BCUT2D eigenvalue weighted by Gasteiger charge is 2.15. The lowest BCUT2D eigenvalue weighted by molar-refractivity contribution is 0.101. The Morgan fingerprint density at radius 3 is 2.40 bits per heavy atom. The van der Waals surface area contributed by atoms with Crippen molar-refractivity contribution < 1.29 is 15.0 Å². The van der Waals surface area contributed by atoms with E-state index in [0.29, 0.717) is 5.56 Å². The van der Waals surface area contributed by atoms with Gasteiger partial charge in [-0.05, 0) is 41.4 Å². The molecule has 0 bridgehead atoms. The molecular formula is C10H9BrO4. The van der Waals surface area contributed by atoms with Crippen LogP contribution in [0.5, 0.6) is 11.5 Å². The molecule has 0 aliphatic rings. The predicted molar refractivity (Wildman–Crippen MR) is 58.5 cm³/mol. The molecular weight excluding hydrogens is 264 g/mol. The lowest BCUT2D eigenvalue weighted by Gasteiger charge is -1.99. The fourth-order valence-corrected chi connectivity index (χ4v) is 2.06. The molecule has 2 N–H and O–H groups in total. The monoisotopic (exact) mass is 272 g/mol. The summed E-state index contributed by atoms with van der Waals surface area (Å²) in [6, 6.07) is 1.16. The number of carbonyl (C=O) groups is 1. The molecule has 0 fully saturated rings.